The molecule has 0 atom stereocenters. The number of amides is 3. The van der Waals surface area contributed by atoms with Crippen molar-refractivity contribution in [3.63, 3.8) is 0 Å². The van der Waals surface area contributed by atoms with Gasteiger partial charge in [0.15, 0.2) is 0 Å². The molecule has 9 heteroatoms. The van der Waals surface area contributed by atoms with E-state index in [0.717, 1.165) is 23.4 Å². The molecule has 0 radical (unpaired) electrons. The van der Waals surface area contributed by atoms with Crippen molar-refractivity contribution in [2.45, 2.75) is 18.9 Å². The second-order valence-electron chi connectivity index (χ2n) is 7.98. The van der Waals surface area contributed by atoms with Crippen LogP contribution in [0.15, 0.2) is 54.0 Å². The molecule has 164 valence electrons. The maximum atomic E-state index is 13.4. The first-order chi connectivity index (χ1) is 15.6. The van der Waals surface area contributed by atoms with E-state index in [1.807, 2.05) is 47.8 Å². The van der Waals surface area contributed by atoms with Gasteiger partial charge in [0.2, 0.25) is 0 Å². The zero-order valence-corrected chi connectivity index (χ0v) is 18.3. The zero-order valence-electron chi connectivity index (χ0n) is 17.4. The van der Waals surface area contributed by atoms with Crippen LogP contribution in [0.3, 0.4) is 0 Å². The van der Waals surface area contributed by atoms with E-state index in [9.17, 15) is 14.4 Å². The number of para-hydroxylation sites is 1. The van der Waals surface area contributed by atoms with Crippen LogP contribution in [0.5, 0.6) is 0 Å². The van der Waals surface area contributed by atoms with E-state index in [-0.39, 0.29) is 11.9 Å². The van der Waals surface area contributed by atoms with E-state index in [4.69, 9.17) is 5.10 Å². The van der Waals surface area contributed by atoms with Crippen LogP contribution >= 0.6 is 11.3 Å². The fourth-order valence-corrected chi connectivity index (χ4v) is 4.46. The number of carbonyl (C=O) groups excluding carboxylic acids is 3. The molecule has 1 aliphatic carbocycles. The molecule has 3 amide bonds. The molecule has 3 aromatic rings. The lowest BCUT2D eigenvalue weighted by atomic mass is 10.1. The fourth-order valence-electron chi connectivity index (χ4n) is 3.74. The van der Waals surface area contributed by atoms with Crippen LogP contribution < -0.4 is 5.32 Å². The minimum absolute atomic E-state index is 0.120. The van der Waals surface area contributed by atoms with Gasteiger partial charge < -0.3 is 15.1 Å². The van der Waals surface area contributed by atoms with Gasteiger partial charge in [0, 0.05) is 38.4 Å². The molecule has 1 saturated heterocycles. The van der Waals surface area contributed by atoms with Crippen LogP contribution in [-0.2, 0) is 9.59 Å². The molecule has 0 spiro atoms. The summed E-state index contributed by atoms with van der Waals surface area (Å²) >= 11 is 1.54. The number of hydrogen-bond donors (Lipinski definition) is 1. The number of benzene rings is 1. The summed E-state index contributed by atoms with van der Waals surface area (Å²) in [6.07, 6.45) is 3.64. The van der Waals surface area contributed by atoms with Crippen LogP contribution in [0.25, 0.3) is 16.3 Å². The van der Waals surface area contributed by atoms with Gasteiger partial charge in [-0.05, 0) is 36.4 Å². The Morgan fingerprint density at radius 3 is 2.31 bits per heavy atom. The number of nitrogens with one attached hydrogen (secondary N) is 1. The number of carbonyl (C=O) groups is 3. The topological polar surface area (TPSA) is 87.5 Å². The van der Waals surface area contributed by atoms with Crippen LogP contribution in [0.4, 0.5) is 0 Å². The molecule has 32 heavy (non-hydrogen) atoms. The van der Waals surface area contributed by atoms with Gasteiger partial charge in [-0.1, -0.05) is 24.3 Å². The largest absolute Gasteiger partial charge is 0.345 e. The Hall–Kier alpha value is -3.46. The minimum Gasteiger partial charge on any atom is -0.345 e. The number of thiophene rings is 1. The van der Waals surface area contributed by atoms with Crippen LogP contribution in [0, 0.1) is 0 Å². The summed E-state index contributed by atoms with van der Waals surface area (Å²) in [7, 11) is 0. The first-order valence-electron chi connectivity index (χ1n) is 10.7. The summed E-state index contributed by atoms with van der Waals surface area (Å²) in [6, 6.07) is 13.7. The predicted octanol–water partition coefficient (Wildman–Crippen LogP) is 2.16. The van der Waals surface area contributed by atoms with Crippen molar-refractivity contribution in [2.24, 2.45) is 0 Å². The summed E-state index contributed by atoms with van der Waals surface area (Å²) in [5, 5.41) is 9.39. The molecule has 2 aliphatic rings. The smallest absolute Gasteiger partial charge is 0.312 e. The van der Waals surface area contributed by atoms with E-state index >= 15 is 0 Å². The van der Waals surface area contributed by atoms with Gasteiger partial charge in [-0.25, -0.2) is 4.68 Å². The minimum atomic E-state index is -0.545. The van der Waals surface area contributed by atoms with Crippen LogP contribution in [0.1, 0.15) is 23.2 Å². The lowest BCUT2D eigenvalue weighted by molar-refractivity contribution is -0.146. The summed E-state index contributed by atoms with van der Waals surface area (Å²) in [4.78, 5) is 42.0. The van der Waals surface area contributed by atoms with Gasteiger partial charge in [0.1, 0.15) is 5.69 Å². The SMILES string of the molecule is O=C(NC1CC1)C(=O)N1CCN(C(=O)c2cn(-c3ccccc3)nc2-c2cccs2)CC1. The molecule has 2 aromatic heterocycles. The second-order valence-corrected chi connectivity index (χ2v) is 8.93. The highest BCUT2D eigenvalue weighted by molar-refractivity contribution is 7.13. The van der Waals surface area contributed by atoms with Crippen molar-refractivity contribution >= 4 is 29.1 Å². The molecule has 3 heterocycles. The molecule has 1 aliphatic heterocycles. The molecule has 1 N–H and O–H groups in total. The Balaban J connectivity index is 1.32. The van der Waals surface area contributed by atoms with Gasteiger partial charge >= 0.3 is 11.8 Å². The van der Waals surface area contributed by atoms with E-state index in [1.165, 1.54) is 16.2 Å². The molecular weight excluding hydrogens is 426 g/mol. The predicted molar refractivity (Wildman–Crippen MR) is 121 cm³/mol. The van der Waals surface area contributed by atoms with E-state index < -0.39 is 11.8 Å². The third-order valence-electron chi connectivity index (χ3n) is 5.68. The number of nitrogens with zero attached hydrogens (tertiary/aromatic N) is 4. The number of piperazine rings is 1. The molecule has 5 rings (SSSR count). The van der Waals surface area contributed by atoms with Gasteiger partial charge in [0.05, 0.1) is 16.1 Å². The first-order valence-corrected chi connectivity index (χ1v) is 11.6. The highest BCUT2D eigenvalue weighted by Gasteiger charge is 2.32. The molecular formula is C23H23N5O3S. The molecule has 0 unspecified atom stereocenters. The Morgan fingerprint density at radius 2 is 1.66 bits per heavy atom. The van der Waals surface area contributed by atoms with Crippen molar-refractivity contribution < 1.29 is 14.4 Å². The molecule has 1 saturated carbocycles. The lowest BCUT2D eigenvalue weighted by Crippen LogP contribution is -2.54. The third kappa shape index (κ3) is 4.16. The summed E-state index contributed by atoms with van der Waals surface area (Å²) in [5.41, 5.74) is 2.06. The maximum absolute atomic E-state index is 13.4. The fraction of sp³-hybridized carbons (Fsp3) is 0.304. The van der Waals surface area contributed by atoms with Gasteiger partial charge in [-0.2, -0.15) is 5.10 Å². The summed E-state index contributed by atoms with van der Waals surface area (Å²) < 4.78 is 1.73. The van der Waals surface area contributed by atoms with Gasteiger partial charge in [-0.15, -0.1) is 11.3 Å². The van der Waals surface area contributed by atoms with E-state index in [1.54, 1.807) is 15.8 Å². The standard InChI is InChI=1S/C23H23N5O3S/c29-21(24-16-8-9-16)23(31)27-12-10-26(11-13-27)22(30)18-15-28(17-5-2-1-3-6-17)25-20(18)19-7-4-14-32-19/h1-7,14-16H,8-13H2,(H,24,29). The molecule has 2 fully saturated rings. The quantitative estimate of drug-likeness (QED) is 0.619. The Kier molecular flexibility index (Phi) is 5.48. The lowest BCUT2D eigenvalue weighted by Gasteiger charge is -2.34. The van der Waals surface area contributed by atoms with Gasteiger partial charge in [-0.3, -0.25) is 14.4 Å². The van der Waals surface area contributed by atoms with Crippen molar-refractivity contribution in [3.8, 4) is 16.3 Å². The van der Waals surface area contributed by atoms with E-state index in [0.29, 0.717) is 37.4 Å². The molecule has 0 bridgehead atoms. The molecule has 1 aromatic carbocycles. The van der Waals surface area contributed by atoms with Crippen molar-refractivity contribution in [2.75, 3.05) is 26.2 Å². The number of aromatic nitrogens is 2. The second kappa shape index (κ2) is 8.58. The zero-order chi connectivity index (χ0) is 22.1. The maximum Gasteiger partial charge on any atom is 0.312 e. The first kappa shape index (κ1) is 20.4. The van der Waals surface area contributed by atoms with Crippen LogP contribution in [0.2, 0.25) is 0 Å². The summed E-state index contributed by atoms with van der Waals surface area (Å²) in [6.45, 7) is 1.43. The van der Waals surface area contributed by atoms with Crippen molar-refractivity contribution in [3.05, 3.63) is 59.6 Å². The Morgan fingerprint density at radius 1 is 0.938 bits per heavy atom. The average molecular weight is 450 g/mol. The monoisotopic (exact) mass is 449 g/mol. The summed E-state index contributed by atoms with van der Waals surface area (Å²) in [5.74, 6) is -1.18. The van der Waals surface area contributed by atoms with Crippen LogP contribution in [-0.4, -0.2) is 69.5 Å². The number of rotatable bonds is 4. The highest BCUT2D eigenvalue weighted by atomic mass is 32.1. The Labute approximate surface area is 189 Å². The molecule has 8 nitrogen and oxygen atoms in total. The average Bonchev–Trinajstić information content (AvgIpc) is 3.29. The van der Waals surface area contributed by atoms with Crippen molar-refractivity contribution in [1.82, 2.24) is 24.9 Å². The normalized spacial score (nSPS) is 16.1. The Bertz CT molecular complexity index is 1130. The highest BCUT2D eigenvalue weighted by Crippen LogP contribution is 2.29. The third-order valence-corrected chi connectivity index (χ3v) is 6.56. The van der Waals surface area contributed by atoms with Crippen molar-refractivity contribution in [1.29, 1.82) is 0 Å². The number of hydrogen-bond acceptors (Lipinski definition) is 5. The van der Waals surface area contributed by atoms with E-state index in [2.05, 4.69) is 5.32 Å². The van der Waals surface area contributed by atoms with Gasteiger partial charge in [0.25, 0.3) is 5.91 Å².